The van der Waals surface area contributed by atoms with Crippen molar-refractivity contribution in [3.8, 4) is 0 Å². The maximum atomic E-state index is 12.5. The van der Waals surface area contributed by atoms with Crippen LogP contribution in [0.15, 0.2) is 24.3 Å². The lowest BCUT2D eigenvalue weighted by molar-refractivity contribution is -0.133. The monoisotopic (exact) mass is 302 g/mol. The fourth-order valence-corrected chi connectivity index (χ4v) is 4.21. The molecule has 4 heteroatoms. The highest BCUT2D eigenvalue weighted by atomic mass is 32.1. The molecule has 1 fully saturated rings. The molecule has 112 valence electrons. The number of hydrogen-bond acceptors (Lipinski definition) is 3. The minimum Gasteiger partial charge on any atom is -0.340 e. The molecule has 0 aliphatic heterocycles. The van der Waals surface area contributed by atoms with Crippen molar-refractivity contribution in [2.45, 2.75) is 51.5 Å². The fourth-order valence-electron chi connectivity index (χ4n) is 3.24. The highest BCUT2D eigenvalue weighted by Crippen LogP contribution is 2.25. The molecule has 0 spiro atoms. The van der Waals surface area contributed by atoms with Crippen molar-refractivity contribution in [2.75, 3.05) is 6.54 Å². The van der Waals surface area contributed by atoms with Crippen LogP contribution in [0.2, 0.25) is 0 Å². The summed E-state index contributed by atoms with van der Waals surface area (Å²) >= 11 is 1.71. The van der Waals surface area contributed by atoms with Crippen LogP contribution < -0.4 is 0 Å². The summed E-state index contributed by atoms with van der Waals surface area (Å²) in [5, 5.41) is 1.08. The van der Waals surface area contributed by atoms with Gasteiger partial charge >= 0.3 is 0 Å². The molecular formula is C17H22N2OS. The first-order chi connectivity index (χ1) is 10.3. The summed E-state index contributed by atoms with van der Waals surface area (Å²) in [5.41, 5.74) is 1.05. The maximum Gasteiger partial charge on any atom is 0.223 e. The number of amides is 1. The number of hydrogen-bond donors (Lipinski definition) is 0. The molecule has 3 nitrogen and oxygen atoms in total. The summed E-state index contributed by atoms with van der Waals surface area (Å²) in [5.74, 6) is 0.295. The molecular weight excluding hydrogens is 280 g/mol. The van der Waals surface area contributed by atoms with Crippen LogP contribution in [0.5, 0.6) is 0 Å². The van der Waals surface area contributed by atoms with Crippen LogP contribution in [0, 0.1) is 0 Å². The average molecular weight is 302 g/mol. The molecule has 1 aliphatic rings. The van der Waals surface area contributed by atoms with Gasteiger partial charge in [-0.05, 0) is 31.9 Å². The number of aromatic nitrogens is 1. The topological polar surface area (TPSA) is 33.2 Å². The third-order valence-corrected chi connectivity index (χ3v) is 5.41. The molecule has 1 aromatic heterocycles. The molecule has 0 radical (unpaired) electrons. The van der Waals surface area contributed by atoms with Crippen LogP contribution in [0.4, 0.5) is 0 Å². The summed E-state index contributed by atoms with van der Waals surface area (Å²) in [4.78, 5) is 19.2. The lowest BCUT2D eigenvalue weighted by Gasteiger charge is -2.27. The minimum atomic E-state index is 0.295. The number of fused-ring (bicyclic) bond motifs is 1. The number of para-hydroxylation sites is 1. The van der Waals surface area contributed by atoms with Gasteiger partial charge in [0.15, 0.2) is 0 Å². The van der Waals surface area contributed by atoms with Crippen LogP contribution in [0.25, 0.3) is 10.2 Å². The molecule has 2 aromatic rings. The normalized spacial score (nSPS) is 15.7. The Morgan fingerprint density at radius 1 is 1.33 bits per heavy atom. The van der Waals surface area contributed by atoms with Crippen LogP contribution in [-0.4, -0.2) is 28.4 Å². The molecule has 21 heavy (non-hydrogen) atoms. The van der Waals surface area contributed by atoms with Gasteiger partial charge < -0.3 is 4.90 Å². The van der Waals surface area contributed by atoms with Crippen LogP contribution in [-0.2, 0) is 11.2 Å². The number of rotatable bonds is 5. The number of thiazole rings is 1. The summed E-state index contributed by atoms with van der Waals surface area (Å²) in [7, 11) is 0. The molecule has 1 heterocycles. The molecule has 3 rings (SSSR count). The molecule has 0 saturated heterocycles. The van der Waals surface area contributed by atoms with E-state index in [1.807, 2.05) is 18.2 Å². The van der Waals surface area contributed by atoms with E-state index in [1.165, 1.54) is 30.4 Å². The van der Waals surface area contributed by atoms with Crippen LogP contribution in [0.1, 0.15) is 44.0 Å². The van der Waals surface area contributed by atoms with Crippen molar-refractivity contribution >= 4 is 27.5 Å². The van der Waals surface area contributed by atoms with Gasteiger partial charge in [-0.3, -0.25) is 4.79 Å². The zero-order chi connectivity index (χ0) is 14.7. The molecule has 1 aromatic carbocycles. The largest absolute Gasteiger partial charge is 0.340 e. The second-order valence-corrected chi connectivity index (χ2v) is 6.81. The van der Waals surface area contributed by atoms with E-state index < -0.39 is 0 Å². The Hall–Kier alpha value is -1.42. The Balaban J connectivity index is 1.61. The second kappa shape index (κ2) is 6.56. The predicted molar refractivity (Wildman–Crippen MR) is 87.6 cm³/mol. The summed E-state index contributed by atoms with van der Waals surface area (Å²) in [6.07, 6.45) is 6.26. The van der Waals surface area contributed by atoms with Gasteiger partial charge in [-0.2, -0.15) is 0 Å². The van der Waals surface area contributed by atoms with Crippen molar-refractivity contribution in [3.05, 3.63) is 29.3 Å². The first-order valence-electron chi connectivity index (χ1n) is 7.92. The summed E-state index contributed by atoms with van der Waals surface area (Å²) in [6, 6.07) is 8.66. The third kappa shape index (κ3) is 3.26. The number of benzene rings is 1. The lowest BCUT2D eigenvalue weighted by Crippen LogP contribution is -2.38. The highest BCUT2D eigenvalue weighted by Gasteiger charge is 2.25. The molecule has 0 bridgehead atoms. The number of nitrogens with zero attached hydrogens (tertiary/aromatic N) is 2. The average Bonchev–Trinajstić information content (AvgIpc) is 3.14. The second-order valence-electron chi connectivity index (χ2n) is 5.69. The highest BCUT2D eigenvalue weighted by molar-refractivity contribution is 7.18. The Morgan fingerprint density at radius 2 is 2.10 bits per heavy atom. The molecule has 0 atom stereocenters. The quantitative estimate of drug-likeness (QED) is 0.835. The number of carbonyl (C=O) groups is 1. The lowest BCUT2D eigenvalue weighted by atomic mass is 10.2. The Kier molecular flexibility index (Phi) is 4.54. The third-order valence-electron chi connectivity index (χ3n) is 4.32. The molecule has 1 aliphatic carbocycles. The van der Waals surface area contributed by atoms with Crippen molar-refractivity contribution in [1.82, 2.24) is 9.88 Å². The Labute approximate surface area is 130 Å². The minimum absolute atomic E-state index is 0.295. The van der Waals surface area contributed by atoms with E-state index in [9.17, 15) is 4.79 Å². The van der Waals surface area contributed by atoms with Gasteiger partial charge in [0.2, 0.25) is 5.91 Å². The summed E-state index contributed by atoms with van der Waals surface area (Å²) in [6.45, 7) is 2.93. The molecule has 1 amide bonds. The van der Waals surface area contributed by atoms with E-state index in [-0.39, 0.29) is 0 Å². The van der Waals surface area contributed by atoms with E-state index in [1.54, 1.807) is 11.3 Å². The Morgan fingerprint density at radius 3 is 2.81 bits per heavy atom. The van der Waals surface area contributed by atoms with Crippen LogP contribution in [0.3, 0.4) is 0 Å². The van der Waals surface area contributed by atoms with Gasteiger partial charge in [0.1, 0.15) is 0 Å². The first kappa shape index (κ1) is 14.5. The standard InChI is InChI=1S/C17H22N2OS/c1-2-19(13-7-3-4-8-13)17(20)12-11-16-18-14-9-5-6-10-15(14)21-16/h5-6,9-10,13H,2-4,7-8,11-12H2,1H3. The van der Waals surface area contributed by atoms with E-state index >= 15 is 0 Å². The zero-order valence-electron chi connectivity index (χ0n) is 12.5. The molecule has 0 N–H and O–H groups in total. The first-order valence-corrected chi connectivity index (χ1v) is 8.73. The molecule has 0 unspecified atom stereocenters. The van der Waals surface area contributed by atoms with Gasteiger partial charge in [0.25, 0.3) is 0 Å². The van der Waals surface area contributed by atoms with E-state index in [0.717, 1.165) is 23.5 Å². The van der Waals surface area contributed by atoms with Gasteiger partial charge in [0, 0.05) is 25.4 Å². The molecule has 1 saturated carbocycles. The van der Waals surface area contributed by atoms with Crippen molar-refractivity contribution in [3.63, 3.8) is 0 Å². The van der Waals surface area contributed by atoms with Gasteiger partial charge in [-0.15, -0.1) is 11.3 Å². The van der Waals surface area contributed by atoms with E-state index in [0.29, 0.717) is 18.4 Å². The van der Waals surface area contributed by atoms with Gasteiger partial charge in [-0.1, -0.05) is 25.0 Å². The van der Waals surface area contributed by atoms with Gasteiger partial charge in [0.05, 0.1) is 15.2 Å². The predicted octanol–water partition coefficient (Wildman–Crippen LogP) is 4.02. The van der Waals surface area contributed by atoms with Gasteiger partial charge in [-0.25, -0.2) is 4.98 Å². The van der Waals surface area contributed by atoms with Crippen molar-refractivity contribution < 1.29 is 4.79 Å². The SMILES string of the molecule is CCN(C(=O)CCc1nc2ccccc2s1)C1CCCC1. The van der Waals surface area contributed by atoms with Crippen molar-refractivity contribution in [1.29, 1.82) is 0 Å². The van der Waals surface area contributed by atoms with E-state index in [2.05, 4.69) is 22.9 Å². The van der Waals surface area contributed by atoms with E-state index in [4.69, 9.17) is 0 Å². The number of carbonyl (C=O) groups excluding carboxylic acids is 1. The smallest absolute Gasteiger partial charge is 0.223 e. The zero-order valence-corrected chi connectivity index (χ0v) is 13.4. The maximum absolute atomic E-state index is 12.5. The Bertz CT molecular complexity index is 583. The van der Waals surface area contributed by atoms with Crippen molar-refractivity contribution in [2.24, 2.45) is 0 Å². The number of aryl methyl sites for hydroxylation is 1. The van der Waals surface area contributed by atoms with Crippen LogP contribution >= 0.6 is 11.3 Å². The summed E-state index contributed by atoms with van der Waals surface area (Å²) < 4.78 is 1.21. The fraction of sp³-hybridized carbons (Fsp3) is 0.529.